The first-order chi connectivity index (χ1) is 9.41. The van der Waals surface area contributed by atoms with Crippen LogP contribution in [0, 0.1) is 0 Å². The molecule has 1 saturated carbocycles. The van der Waals surface area contributed by atoms with Gasteiger partial charge in [0.05, 0.1) is 11.2 Å². The first-order valence-electron chi connectivity index (χ1n) is 6.75. The molecule has 2 N–H and O–H groups in total. The summed E-state index contributed by atoms with van der Waals surface area (Å²) in [7, 11) is 3.69. The molecule has 0 unspecified atom stereocenters. The van der Waals surface area contributed by atoms with Crippen molar-refractivity contribution >= 4 is 27.7 Å². The third kappa shape index (κ3) is 3.49. The first-order valence-corrected chi connectivity index (χ1v) is 7.54. The van der Waals surface area contributed by atoms with Crippen LogP contribution in [0.25, 0.3) is 0 Å². The van der Waals surface area contributed by atoms with Gasteiger partial charge < -0.3 is 15.3 Å². The molecule has 5 nitrogen and oxygen atoms in total. The van der Waals surface area contributed by atoms with Gasteiger partial charge in [0, 0.05) is 31.3 Å². The molecule has 6 heteroatoms. The minimum absolute atomic E-state index is 0.206. The molecule has 0 atom stereocenters. The van der Waals surface area contributed by atoms with Crippen molar-refractivity contribution in [3.05, 3.63) is 22.3 Å². The second-order valence-corrected chi connectivity index (χ2v) is 6.45. The number of carbonyl (C=O) groups excluding carboxylic acids is 1. The predicted molar refractivity (Wildman–Crippen MR) is 82.0 cm³/mol. The first kappa shape index (κ1) is 15.3. The Hall–Kier alpha value is -1.14. The number of anilines is 1. The molecule has 0 aliphatic heterocycles. The highest BCUT2D eigenvalue weighted by molar-refractivity contribution is 9.10. The summed E-state index contributed by atoms with van der Waals surface area (Å²) in [5.74, 6) is 0.409. The molecule has 2 rings (SSSR count). The zero-order valence-corrected chi connectivity index (χ0v) is 13.4. The largest absolute Gasteiger partial charge is 0.388 e. The van der Waals surface area contributed by atoms with Crippen molar-refractivity contribution in [3.63, 3.8) is 0 Å². The number of aromatic nitrogens is 1. The fraction of sp³-hybridized carbons (Fsp3) is 0.571. The van der Waals surface area contributed by atoms with Gasteiger partial charge in [-0.2, -0.15) is 0 Å². The van der Waals surface area contributed by atoms with Crippen LogP contribution < -0.4 is 10.2 Å². The predicted octanol–water partition coefficient (Wildman–Crippen LogP) is 1.94. The molecule has 0 bridgehead atoms. The van der Waals surface area contributed by atoms with Crippen LogP contribution in [0.4, 0.5) is 5.82 Å². The van der Waals surface area contributed by atoms with E-state index in [1.54, 1.807) is 17.2 Å². The SMILES string of the molecule is CN(C)c1ncc(Br)cc1C(=O)NCC1(O)CCCC1. The van der Waals surface area contributed by atoms with Gasteiger partial charge >= 0.3 is 0 Å². The van der Waals surface area contributed by atoms with Crippen molar-refractivity contribution in [1.82, 2.24) is 10.3 Å². The summed E-state index contributed by atoms with van der Waals surface area (Å²) < 4.78 is 0.757. The van der Waals surface area contributed by atoms with Crippen LogP contribution in [0.3, 0.4) is 0 Å². The second-order valence-electron chi connectivity index (χ2n) is 5.53. The van der Waals surface area contributed by atoms with E-state index in [-0.39, 0.29) is 5.91 Å². The van der Waals surface area contributed by atoms with E-state index in [1.807, 2.05) is 14.1 Å². The van der Waals surface area contributed by atoms with E-state index in [4.69, 9.17) is 0 Å². The van der Waals surface area contributed by atoms with Crippen molar-refractivity contribution in [3.8, 4) is 0 Å². The second kappa shape index (κ2) is 6.10. The highest BCUT2D eigenvalue weighted by Gasteiger charge is 2.31. The van der Waals surface area contributed by atoms with E-state index < -0.39 is 5.60 Å². The summed E-state index contributed by atoms with van der Waals surface area (Å²) in [5.41, 5.74) is -0.237. The van der Waals surface area contributed by atoms with Crippen LogP contribution in [0.2, 0.25) is 0 Å². The quantitative estimate of drug-likeness (QED) is 0.878. The van der Waals surface area contributed by atoms with Crippen molar-refractivity contribution < 1.29 is 9.90 Å². The lowest BCUT2D eigenvalue weighted by Gasteiger charge is -2.23. The van der Waals surface area contributed by atoms with Gasteiger partial charge in [-0.3, -0.25) is 4.79 Å². The molecule has 0 aromatic carbocycles. The molecule has 0 spiro atoms. The van der Waals surface area contributed by atoms with Gasteiger partial charge in [-0.25, -0.2) is 4.98 Å². The van der Waals surface area contributed by atoms with Gasteiger partial charge in [-0.15, -0.1) is 0 Å². The van der Waals surface area contributed by atoms with Crippen LogP contribution in [-0.2, 0) is 0 Å². The number of halogens is 1. The monoisotopic (exact) mass is 341 g/mol. The Labute approximate surface area is 127 Å². The van der Waals surface area contributed by atoms with Gasteiger partial charge in [0.2, 0.25) is 0 Å². The highest BCUT2D eigenvalue weighted by Crippen LogP contribution is 2.29. The Kier molecular flexibility index (Phi) is 4.65. The summed E-state index contributed by atoms with van der Waals surface area (Å²) in [5, 5.41) is 13.1. The summed E-state index contributed by atoms with van der Waals surface area (Å²) in [6, 6.07) is 1.75. The number of pyridine rings is 1. The number of hydrogen-bond donors (Lipinski definition) is 2. The van der Waals surface area contributed by atoms with Gasteiger partial charge in [-0.05, 0) is 34.8 Å². The minimum Gasteiger partial charge on any atom is -0.388 e. The lowest BCUT2D eigenvalue weighted by Crippen LogP contribution is -2.41. The van der Waals surface area contributed by atoms with E-state index in [1.165, 1.54) is 0 Å². The van der Waals surface area contributed by atoms with Crippen LogP contribution in [-0.4, -0.2) is 42.2 Å². The number of amides is 1. The molecule has 1 aliphatic carbocycles. The third-order valence-electron chi connectivity index (χ3n) is 3.61. The number of hydrogen-bond acceptors (Lipinski definition) is 4. The van der Waals surface area contributed by atoms with Crippen LogP contribution in [0.5, 0.6) is 0 Å². The average Bonchev–Trinajstić information content (AvgIpc) is 2.83. The lowest BCUT2D eigenvalue weighted by atomic mass is 10.0. The minimum atomic E-state index is -0.743. The van der Waals surface area contributed by atoms with E-state index in [0.717, 1.165) is 30.2 Å². The molecule has 1 aromatic rings. The Morgan fingerprint density at radius 3 is 2.75 bits per heavy atom. The summed E-state index contributed by atoms with van der Waals surface area (Å²) in [6.07, 6.45) is 5.22. The van der Waals surface area contributed by atoms with Crippen molar-refractivity contribution in [2.24, 2.45) is 0 Å². The molecule has 1 aromatic heterocycles. The summed E-state index contributed by atoms with van der Waals surface area (Å²) in [4.78, 5) is 18.4. The van der Waals surface area contributed by atoms with E-state index >= 15 is 0 Å². The van der Waals surface area contributed by atoms with Crippen molar-refractivity contribution in [2.75, 3.05) is 25.5 Å². The maximum atomic E-state index is 12.3. The molecule has 1 aliphatic rings. The van der Waals surface area contributed by atoms with Crippen molar-refractivity contribution in [1.29, 1.82) is 0 Å². The number of aliphatic hydroxyl groups is 1. The van der Waals surface area contributed by atoms with E-state index in [9.17, 15) is 9.90 Å². The number of nitrogens with zero attached hydrogens (tertiary/aromatic N) is 2. The smallest absolute Gasteiger partial charge is 0.255 e. The molecule has 1 heterocycles. The fourth-order valence-corrected chi connectivity index (χ4v) is 2.84. The highest BCUT2D eigenvalue weighted by atomic mass is 79.9. The lowest BCUT2D eigenvalue weighted by molar-refractivity contribution is 0.0449. The Balaban J connectivity index is 2.10. The Morgan fingerprint density at radius 1 is 1.50 bits per heavy atom. The molecule has 110 valence electrons. The van der Waals surface area contributed by atoms with Crippen LogP contribution in [0.1, 0.15) is 36.0 Å². The van der Waals surface area contributed by atoms with Gasteiger partial charge in [0.25, 0.3) is 5.91 Å². The van der Waals surface area contributed by atoms with Gasteiger partial charge in [0.15, 0.2) is 0 Å². The molecule has 0 radical (unpaired) electrons. The molecule has 0 saturated heterocycles. The van der Waals surface area contributed by atoms with Crippen molar-refractivity contribution in [2.45, 2.75) is 31.3 Å². The van der Waals surface area contributed by atoms with Gasteiger partial charge in [-0.1, -0.05) is 12.8 Å². The maximum absolute atomic E-state index is 12.3. The average molecular weight is 342 g/mol. The zero-order chi connectivity index (χ0) is 14.8. The molecule has 20 heavy (non-hydrogen) atoms. The summed E-state index contributed by atoms with van der Waals surface area (Å²) >= 11 is 3.33. The molecule has 1 fully saturated rings. The standard InChI is InChI=1S/C14H20BrN3O2/c1-18(2)12-11(7-10(15)8-16-12)13(19)17-9-14(20)5-3-4-6-14/h7-8,20H,3-6,9H2,1-2H3,(H,17,19). The molecular formula is C14H20BrN3O2. The third-order valence-corrected chi connectivity index (χ3v) is 4.05. The summed E-state index contributed by atoms with van der Waals surface area (Å²) in [6.45, 7) is 0.297. The van der Waals surface area contributed by atoms with E-state index in [0.29, 0.717) is 17.9 Å². The van der Waals surface area contributed by atoms with Crippen LogP contribution >= 0.6 is 15.9 Å². The number of rotatable bonds is 4. The van der Waals surface area contributed by atoms with E-state index in [2.05, 4.69) is 26.2 Å². The number of carbonyl (C=O) groups is 1. The topological polar surface area (TPSA) is 65.5 Å². The van der Waals surface area contributed by atoms with Crippen LogP contribution in [0.15, 0.2) is 16.7 Å². The fourth-order valence-electron chi connectivity index (χ4n) is 2.51. The van der Waals surface area contributed by atoms with Gasteiger partial charge in [0.1, 0.15) is 5.82 Å². The molecular weight excluding hydrogens is 322 g/mol. The maximum Gasteiger partial charge on any atom is 0.255 e. The normalized spacial score (nSPS) is 17.0. The number of nitrogens with one attached hydrogen (secondary N) is 1. The Bertz CT molecular complexity index is 499. The zero-order valence-electron chi connectivity index (χ0n) is 11.8. The molecule has 1 amide bonds. The Morgan fingerprint density at radius 2 is 2.15 bits per heavy atom.